The predicted molar refractivity (Wildman–Crippen MR) is 51.1 cm³/mol. The lowest BCUT2D eigenvalue weighted by molar-refractivity contribution is 0.0491. The van der Waals surface area contributed by atoms with Gasteiger partial charge < -0.3 is 14.8 Å². The first kappa shape index (κ1) is 9.77. The Kier molecular flexibility index (Phi) is 2.18. The van der Waals surface area contributed by atoms with Crippen LogP contribution in [0.1, 0.15) is 33.6 Å². The van der Waals surface area contributed by atoms with Gasteiger partial charge in [-0.05, 0) is 33.6 Å². The molecule has 2 aliphatic rings. The summed E-state index contributed by atoms with van der Waals surface area (Å²) in [5.74, 6) is 0. The topological polar surface area (TPSA) is 50.9 Å². The quantitative estimate of drug-likeness (QED) is 0.650. The first-order chi connectivity index (χ1) is 6.46. The van der Waals surface area contributed by atoms with Gasteiger partial charge in [0.05, 0.1) is 12.1 Å². The molecular weight excluding hydrogens is 182 g/mol. The molecule has 4 heteroatoms. The number of alkyl carbamates (subject to hydrolysis) is 1. The van der Waals surface area contributed by atoms with Gasteiger partial charge in [-0.15, -0.1) is 0 Å². The molecule has 2 fully saturated rings. The molecule has 1 aliphatic heterocycles. The van der Waals surface area contributed by atoms with Gasteiger partial charge in [-0.2, -0.15) is 0 Å². The highest BCUT2D eigenvalue weighted by molar-refractivity contribution is 5.68. The van der Waals surface area contributed by atoms with Crippen molar-refractivity contribution < 1.29 is 14.3 Å². The van der Waals surface area contributed by atoms with Crippen molar-refractivity contribution in [1.29, 1.82) is 0 Å². The molecule has 14 heavy (non-hydrogen) atoms. The maximum Gasteiger partial charge on any atom is 0.407 e. The maximum absolute atomic E-state index is 11.4. The SMILES string of the molecule is CC(C)(C)OC(=O)NC1CCC2OC12. The van der Waals surface area contributed by atoms with Crippen LogP contribution in [0.3, 0.4) is 0 Å². The molecule has 0 bridgehead atoms. The van der Waals surface area contributed by atoms with Gasteiger partial charge in [0.1, 0.15) is 11.7 Å². The molecule has 1 amide bonds. The molecule has 1 saturated carbocycles. The van der Waals surface area contributed by atoms with Crippen LogP contribution in [0.25, 0.3) is 0 Å². The van der Waals surface area contributed by atoms with E-state index in [0.29, 0.717) is 6.10 Å². The second-order valence-corrected chi connectivity index (χ2v) is 4.97. The summed E-state index contributed by atoms with van der Waals surface area (Å²) in [4.78, 5) is 11.4. The highest BCUT2D eigenvalue weighted by atomic mass is 16.6. The second kappa shape index (κ2) is 3.12. The van der Waals surface area contributed by atoms with Gasteiger partial charge in [0.2, 0.25) is 0 Å². The average molecular weight is 199 g/mol. The zero-order valence-electron chi connectivity index (χ0n) is 8.87. The summed E-state index contributed by atoms with van der Waals surface area (Å²) in [5, 5.41) is 2.84. The molecule has 0 radical (unpaired) electrons. The molecule has 0 aromatic rings. The van der Waals surface area contributed by atoms with Gasteiger partial charge in [0.25, 0.3) is 0 Å². The Balaban J connectivity index is 1.77. The van der Waals surface area contributed by atoms with Crippen LogP contribution in [-0.4, -0.2) is 29.9 Å². The number of ether oxygens (including phenoxy) is 2. The highest BCUT2D eigenvalue weighted by Gasteiger charge is 2.51. The third kappa shape index (κ3) is 2.18. The maximum atomic E-state index is 11.4. The molecule has 0 spiro atoms. The summed E-state index contributed by atoms with van der Waals surface area (Å²) in [5.41, 5.74) is -0.424. The largest absolute Gasteiger partial charge is 0.444 e. The van der Waals surface area contributed by atoms with Crippen LogP contribution >= 0.6 is 0 Å². The van der Waals surface area contributed by atoms with Gasteiger partial charge in [0, 0.05) is 0 Å². The van der Waals surface area contributed by atoms with Crippen molar-refractivity contribution in [2.75, 3.05) is 0 Å². The minimum absolute atomic E-state index is 0.162. The lowest BCUT2D eigenvalue weighted by Gasteiger charge is -2.21. The van der Waals surface area contributed by atoms with Gasteiger partial charge in [-0.1, -0.05) is 0 Å². The van der Waals surface area contributed by atoms with E-state index in [1.807, 2.05) is 20.8 Å². The monoisotopic (exact) mass is 199 g/mol. The molecule has 1 aliphatic carbocycles. The van der Waals surface area contributed by atoms with Crippen LogP contribution in [0.15, 0.2) is 0 Å². The van der Waals surface area contributed by atoms with Gasteiger partial charge in [-0.25, -0.2) is 4.79 Å². The standard InChI is InChI=1S/C10H17NO3/c1-10(2,3)14-9(12)11-6-4-5-7-8(6)13-7/h6-8H,4-5H2,1-3H3,(H,11,12). The van der Waals surface area contributed by atoms with Crippen molar-refractivity contribution in [1.82, 2.24) is 5.32 Å². The Hall–Kier alpha value is -0.770. The van der Waals surface area contributed by atoms with Gasteiger partial charge in [-0.3, -0.25) is 0 Å². The van der Waals surface area contributed by atoms with E-state index in [9.17, 15) is 4.79 Å². The number of carbonyl (C=O) groups is 1. The Morgan fingerprint density at radius 2 is 2.14 bits per heavy atom. The Morgan fingerprint density at radius 3 is 2.57 bits per heavy atom. The van der Waals surface area contributed by atoms with E-state index in [1.54, 1.807) is 0 Å². The van der Waals surface area contributed by atoms with Crippen molar-refractivity contribution in [3.8, 4) is 0 Å². The number of amides is 1. The fraction of sp³-hybridized carbons (Fsp3) is 0.900. The number of nitrogens with one attached hydrogen (secondary N) is 1. The number of fused-ring (bicyclic) bond motifs is 1. The summed E-state index contributed by atoms with van der Waals surface area (Å²) < 4.78 is 10.5. The van der Waals surface area contributed by atoms with E-state index in [1.165, 1.54) is 0 Å². The summed E-state index contributed by atoms with van der Waals surface area (Å²) in [6.07, 6.45) is 2.38. The van der Waals surface area contributed by atoms with Crippen LogP contribution < -0.4 is 5.32 Å². The third-order valence-corrected chi connectivity index (χ3v) is 2.48. The number of rotatable bonds is 1. The number of epoxide rings is 1. The molecule has 2 rings (SSSR count). The van der Waals surface area contributed by atoms with Crippen LogP contribution in [0.5, 0.6) is 0 Å². The van der Waals surface area contributed by atoms with E-state index >= 15 is 0 Å². The smallest absolute Gasteiger partial charge is 0.407 e. The number of hydrogen-bond acceptors (Lipinski definition) is 3. The van der Waals surface area contributed by atoms with E-state index in [4.69, 9.17) is 9.47 Å². The van der Waals surface area contributed by atoms with Crippen molar-refractivity contribution in [3.63, 3.8) is 0 Å². The molecule has 0 aromatic heterocycles. The molecular formula is C10H17NO3. The second-order valence-electron chi connectivity index (χ2n) is 4.97. The Labute approximate surface area is 84.0 Å². The van der Waals surface area contributed by atoms with Gasteiger partial charge >= 0.3 is 6.09 Å². The van der Waals surface area contributed by atoms with E-state index in [0.717, 1.165) is 12.8 Å². The molecule has 1 saturated heterocycles. The van der Waals surface area contributed by atoms with E-state index < -0.39 is 5.60 Å². The van der Waals surface area contributed by atoms with Crippen molar-refractivity contribution >= 4 is 6.09 Å². The molecule has 1 heterocycles. The highest BCUT2D eigenvalue weighted by Crippen LogP contribution is 2.38. The average Bonchev–Trinajstić information content (AvgIpc) is 2.66. The normalized spacial score (nSPS) is 34.9. The predicted octanol–water partition coefficient (Wildman–Crippen LogP) is 1.44. The van der Waals surface area contributed by atoms with E-state index in [2.05, 4.69) is 5.32 Å². The summed E-state index contributed by atoms with van der Waals surface area (Å²) >= 11 is 0. The molecule has 1 N–H and O–H groups in total. The first-order valence-electron chi connectivity index (χ1n) is 5.11. The van der Waals surface area contributed by atoms with E-state index in [-0.39, 0.29) is 18.2 Å². The van der Waals surface area contributed by atoms with Crippen molar-refractivity contribution in [2.24, 2.45) is 0 Å². The fourth-order valence-corrected chi connectivity index (χ4v) is 1.86. The molecule has 3 unspecified atom stereocenters. The van der Waals surface area contributed by atoms with Crippen molar-refractivity contribution in [3.05, 3.63) is 0 Å². The summed E-state index contributed by atoms with van der Waals surface area (Å²) in [6, 6.07) is 0.162. The molecule has 0 aromatic carbocycles. The minimum Gasteiger partial charge on any atom is -0.444 e. The third-order valence-electron chi connectivity index (χ3n) is 2.48. The first-order valence-corrected chi connectivity index (χ1v) is 5.11. The fourth-order valence-electron chi connectivity index (χ4n) is 1.86. The summed E-state index contributed by atoms with van der Waals surface area (Å²) in [7, 11) is 0. The Morgan fingerprint density at radius 1 is 1.43 bits per heavy atom. The zero-order valence-corrected chi connectivity index (χ0v) is 8.87. The van der Waals surface area contributed by atoms with Gasteiger partial charge in [0.15, 0.2) is 0 Å². The lowest BCUT2D eigenvalue weighted by Crippen LogP contribution is -2.40. The van der Waals surface area contributed by atoms with Crippen LogP contribution in [0, 0.1) is 0 Å². The number of carbonyl (C=O) groups excluding carboxylic acids is 1. The lowest BCUT2D eigenvalue weighted by atomic mass is 10.2. The van der Waals surface area contributed by atoms with Crippen LogP contribution in [-0.2, 0) is 9.47 Å². The minimum atomic E-state index is -0.424. The summed E-state index contributed by atoms with van der Waals surface area (Å²) in [6.45, 7) is 5.58. The zero-order chi connectivity index (χ0) is 10.3. The molecule has 80 valence electrons. The Bertz CT molecular complexity index is 246. The van der Waals surface area contributed by atoms with Crippen LogP contribution in [0.4, 0.5) is 4.79 Å². The molecule has 4 nitrogen and oxygen atoms in total. The van der Waals surface area contributed by atoms with Crippen LogP contribution in [0.2, 0.25) is 0 Å². The number of hydrogen-bond donors (Lipinski definition) is 1. The molecule has 3 atom stereocenters. The van der Waals surface area contributed by atoms with Crippen molar-refractivity contribution in [2.45, 2.75) is 57.5 Å².